The smallest absolute Gasteiger partial charge is 0.329 e. The van der Waals surface area contributed by atoms with Gasteiger partial charge < -0.3 is 5.32 Å². The van der Waals surface area contributed by atoms with E-state index in [1.54, 1.807) is 13.3 Å². The Labute approximate surface area is 78.9 Å². The molecule has 0 unspecified atom stereocenters. The number of nitrogens with one attached hydrogen (secondary N) is 1. The van der Waals surface area contributed by atoms with Gasteiger partial charge in [-0.2, -0.15) is 4.98 Å². The molecule has 0 bridgehead atoms. The largest absolute Gasteiger partial charge is 0.367 e. The molecule has 13 heavy (non-hydrogen) atoms. The monoisotopic (exact) mass is 200 g/mol. The minimum absolute atomic E-state index is 0.111. The van der Waals surface area contributed by atoms with E-state index >= 15 is 0 Å². The number of nitro groups is 1. The number of thioether (sulfide) groups is 1. The zero-order chi connectivity index (χ0) is 9.84. The van der Waals surface area contributed by atoms with E-state index in [9.17, 15) is 10.1 Å². The lowest BCUT2D eigenvalue weighted by Crippen LogP contribution is -2.01. The summed E-state index contributed by atoms with van der Waals surface area (Å²) < 4.78 is 0. The molecule has 6 nitrogen and oxygen atoms in total. The van der Waals surface area contributed by atoms with E-state index in [2.05, 4.69) is 15.3 Å². The summed E-state index contributed by atoms with van der Waals surface area (Å²) in [5.41, 5.74) is -0.111. The first kappa shape index (κ1) is 9.72. The fraction of sp³-hybridized carbons (Fsp3) is 0.333. The number of rotatable bonds is 3. The van der Waals surface area contributed by atoms with Gasteiger partial charge in [0, 0.05) is 7.05 Å². The molecule has 0 aliphatic rings. The van der Waals surface area contributed by atoms with Crippen molar-refractivity contribution < 1.29 is 4.92 Å². The van der Waals surface area contributed by atoms with Gasteiger partial charge in [0.15, 0.2) is 5.16 Å². The molecular formula is C6H8N4O2S. The summed E-state index contributed by atoms with van der Waals surface area (Å²) in [7, 11) is 1.58. The van der Waals surface area contributed by atoms with Crippen LogP contribution in [0.4, 0.5) is 11.5 Å². The van der Waals surface area contributed by atoms with Crippen LogP contribution < -0.4 is 5.32 Å². The van der Waals surface area contributed by atoms with Crippen molar-refractivity contribution in [2.24, 2.45) is 0 Å². The number of hydrogen-bond donors (Lipinski definition) is 1. The van der Waals surface area contributed by atoms with Crippen molar-refractivity contribution in [3.05, 3.63) is 16.3 Å². The summed E-state index contributed by atoms with van der Waals surface area (Å²) >= 11 is 1.33. The zero-order valence-corrected chi connectivity index (χ0v) is 7.96. The van der Waals surface area contributed by atoms with Gasteiger partial charge in [0.1, 0.15) is 6.20 Å². The van der Waals surface area contributed by atoms with Crippen LogP contribution in [0.2, 0.25) is 0 Å². The Morgan fingerprint density at radius 1 is 1.69 bits per heavy atom. The summed E-state index contributed by atoms with van der Waals surface area (Å²) in [5.74, 6) is 0.240. The van der Waals surface area contributed by atoms with Crippen LogP contribution >= 0.6 is 11.8 Å². The average Bonchev–Trinajstić information content (AvgIpc) is 2.16. The zero-order valence-electron chi connectivity index (χ0n) is 7.14. The Kier molecular flexibility index (Phi) is 3.02. The van der Waals surface area contributed by atoms with Crippen molar-refractivity contribution in [1.29, 1.82) is 0 Å². The molecule has 0 amide bonds. The summed E-state index contributed by atoms with van der Waals surface area (Å²) in [6.45, 7) is 0. The molecule has 0 aromatic carbocycles. The molecule has 0 saturated carbocycles. The van der Waals surface area contributed by atoms with Crippen LogP contribution in [0.25, 0.3) is 0 Å². The van der Waals surface area contributed by atoms with Crippen LogP contribution in [-0.4, -0.2) is 28.2 Å². The Hall–Kier alpha value is -1.37. The third kappa shape index (κ3) is 2.05. The molecule has 70 valence electrons. The van der Waals surface area contributed by atoms with Gasteiger partial charge in [0.2, 0.25) is 5.82 Å². The van der Waals surface area contributed by atoms with E-state index in [0.717, 1.165) is 0 Å². The highest BCUT2D eigenvalue weighted by molar-refractivity contribution is 7.98. The van der Waals surface area contributed by atoms with Crippen LogP contribution in [0, 0.1) is 10.1 Å². The van der Waals surface area contributed by atoms with Gasteiger partial charge in [-0.05, 0) is 6.26 Å². The van der Waals surface area contributed by atoms with Crippen LogP contribution in [0.15, 0.2) is 11.4 Å². The summed E-state index contributed by atoms with van der Waals surface area (Å²) in [6, 6.07) is 0. The van der Waals surface area contributed by atoms with Gasteiger partial charge in [-0.3, -0.25) is 10.1 Å². The first-order chi connectivity index (χ1) is 6.19. The maximum Gasteiger partial charge on any atom is 0.329 e. The maximum atomic E-state index is 10.5. The molecule has 0 aliphatic heterocycles. The number of hydrogen-bond acceptors (Lipinski definition) is 6. The van der Waals surface area contributed by atoms with Crippen molar-refractivity contribution in [3.8, 4) is 0 Å². The van der Waals surface area contributed by atoms with Crippen molar-refractivity contribution >= 4 is 23.3 Å². The molecule has 1 N–H and O–H groups in total. The molecule has 0 fully saturated rings. The van der Waals surface area contributed by atoms with E-state index < -0.39 is 4.92 Å². The molecule has 0 radical (unpaired) electrons. The average molecular weight is 200 g/mol. The fourth-order valence-electron chi connectivity index (χ4n) is 0.775. The first-order valence-corrected chi connectivity index (χ1v) is 4.64. The molecule has 1 rings (SSSR count). The molecule has 1 aromatic heterocycles. The molecule has 1 aromatic rings. The normalized spacial score (nSPS) is 9.69. The molecule has 7 heteroatoms. The SMILES string of the molecule is CNc1nc(SC)ncc1[N+](=O)[O-]. The van der Waals surface area contributed by atoms with E-state index in [4.69, 9.17) is 0 Å². The highest BCUT2D eigenvalue weighted by Gasteiger charge is 2.15. The first-order valence-electron chi connectivity index (χ1n) is 3.42. The lowest BCUT2D eigenvalue weighted by Gasteiger charge is -2.01. The van der Waals surface area contributed by atoms with Gasteiger partial charge in [-0.1, -0.05) is 11.8 Å². The predicted molar refractivity (Wildman–Crippen MR) is 50.0 cm³/mol. The van der Waals surface area contributed by atoms with Crippen molar-refractivity contribution in [2.45, 2.75) is 5.16 Å². The quantitative estimate of drug-likeness (QED) is 0.341. The summed E-state index contributed by atoms with van der Waals surface area (Å²) in [5, 5.41) is 13.6. The van der Waals surface area contributed by atoms with Gasteiger partial charge in [0.25, 0.3) is 0 Å². The van der Waals surface area contributed by atoms with Crippen molar-refractivity contribution in [3.63, 3.8) is 0 Å². The van der Waals surface area contributed by atoms with Gasteiger partial charge >= 0.3 is 5.69 Å². The van der Waals surface area contributed by atoms with Crippen molar-refractivity contribution in [2.75, 3.05) is 18.6 Å². The molecule has 0 atom stereocenters. The minimum atomic E-state index is -0.518. The molecule has 0 aliphatic carbocycles. The Morgan fingerprint density at radius 2 is 2.38 bits per heavy atom. The third-order valence-electron chi connectivity index (χ3n) is 1.36. The van der Waals surface area contributed by atoms with E-state index in [1.807, 2.05) is 0 Å². The Morgan fingerprint density at radius 3 is 2.85 bits per heavy atom. The summed E-state index contributed by atoms with van der Waals surface area (Å²) in [6.07, 6.45) is 3.01. The topological polar surface area (TPSA) is 81.0 Å². The van der Waals surface area contributed by atoms with Crippen LogP contribution in [-0.2, 0) is 0 Å². The number of anilines is 1. The molecular weight excluding hydrogens is 192 g/mol. The van der Waals surface area contributed by atoms with Crippen LogP contribution in [0.5, 0.6) is 0 Å². The Balaban J connectivity index is 3.15. The van der Waals surface area contributed by atoms with E-state index in [-0.39, 0.29) is 11.5 Å². The molecule has 0 saturated heterocycles. The van der Waals surface area contributed by atoms with Gasteiger partial charge in [0.05, 0.1) is 4.92 Å². The standard InChI is InChI=1S/C6H8N4O2S/c1-7-5-4(10(11)12)3-8-6(9-5)13-2/h3H,1-2H3,(H,7,8,9). The second-order valence-corrected chi connectivity index (χ2v) is 2.87. The molecule has 0 spiro atoms. The number of aromatic nitrogens is 2. The highest BCUT2D eigenvalue weighted by atomic mass is 32.2. The lowest BCUT2D eigenvalue weighted by atomic mass is 10.5. The van der Waals surface area contributed by atoms with Crippen LogP contribution in [0.1, 0.15) is 0 Å². The number of nitrogens with zero attached hydrogens (tertiary/aromatic N) is 3. The van der Waals surface area contributed by atoms with Gasteiger partial charge in [-0.25, -0.2) is 4.98 Å². The highest BCUT2D eigenvalue weighted by Crippen LogP contribution is 2.22. The summed E-state index contributed by atoms with van der Waals surface area (Å²) in [4.78, 5) is 17.7. The Bertz CT molecular complexity index is 330. The lowest BCUT2D eigenvalue weighted by molar-refractivity contribution is -0.384. The van der Waals surface area contributed by atoms with E-state index in [0.29, 0.717) is 5.16 Å². The minimum Gasteiger partial charge on any atom is -0.367 e. The molecule has 1 heterocycles. The second kappa shape index (κ2) is 4.04. The van der Waals surface area contributed by atoms with Crippen LogP contribution in [0.3, 0.4) is 0 Å². The van der Waals surface area contributed by atoms with E-state index in [1.165, 1.54) is 18.0 Å². The second-order valence-electron chi connectivity index (χ2n) is 2.10. The third-order valence-corrected chi connectivity index (χ3v) is 1.93. The maximum absolute atomic E-state index is 10.5. The predicted octanol–water partition coefficient (Wildman–Crippen LogP) is 1.15. The van der Waals surface area contributed by atoms with Gasteiger partial charge in [-0.15, -0.1) is 0 Å². The fourth-order valence-corrected chi connectivity index (χ4v) is 1.12. The van der Waals surface area contributed by atoms with Crippen molar-refractivity contribution in [1.82, 2.24) is 9.97 Å².